The molecule has 4 nitrogen and oxygen atoms in total. The van der Waals surface area contributed by atoms with Gasteiger partial charge in [-0.1, -0.05) is 30.3 Å². The molecule has 1 amide bonds. The summed E-state index contributed by atoms with van der Waals surface area (Å²) < 4.78 is 5.19. The van der Waals surface area contributed by atoms with Crippen LogP contribution in [0.4, 0.5) is 4.79 Å². The molecule has 2 fully saturated rings. The topological polar surface area (TPSA) is 41.6 Å². The van der Waals surface area contributed by atoms with E-state index in [2.05, 4.69) is 29.6 Å². The van der Waals surface area contributed by atoms with Crippen molar-refractivity contribution in [3.63, 3.8) is 0 Å². The Morgan fingerprint density at radius 2 is 1.90 bits per heavy atom. The minimum absolute atomic E-state index is 0.119. The molecule has 0 aromatic heterocycles. The van der Waals surface area contributed by atoms with Gasteiger partial charge in [0.15, 0.2) is 0 Å². The Morgan fingerprint density at radius 3 is 2.52 bits per heavy atom. The monoisotopic (exact) mass is 288 g/mol. The van der Waals surface area contributed by atoms with Gasteiger partial charge in [-0.05, 0) is 38.2 Å². The number of carbonyl (C=O) groups excluding carboxylic acids is 1. The van der Waals surface area contributed by atoms with Crippen LogP contribution in [0.1, 0.15) is 38.2 Å². The van der Waals surface area contributed by atoms with Crippen molar-refractivity contribution in [2.45, 2.75) is 57.3 Å². The summed E-state index contributed by atoms with van der Waals surface area (Å²) in [6.07, 6.45) is 4.20. The third kappa shape index (κ3) is 3.21. The summed E-state index contributed by atoms with van der Waals surface area (Å²) in [6, 6.07) is 11.7. The molecule has 21 heavy (non-hydrogen) atoms. The quantitative estimate of drug-likeness (QED) is 0.926. The molecule has 2 bridgehead atoms. The summed E-state index contributed by atoms with van der Waals surface area (Å²) >= 11 is 0. The average molecular weight is 288 g/mol. The zero-order chi connectivity index (χ0) is 14.7. The number of nitrogens with zero attached hydrogens (tertiary/aromatic N) is 1. The van der Waals surface area contributed by atoms with Crippen LogP contribution in [0.5, 0.6) is 0 Å². The van der Waals surface area contributed by atoms with Crippen molar-refractivity contribution in [1.29, 1.82) is 0 Å². The van der Waals surface area contributed by atoms with E-state index in [1.807, 2.05) is 17.9 Å². The van der Waals surface area contributed by atoms with Gasteiger partial charge >= 0.3 is 6.09 Å². The number of hydrogen-bond donors (Lipinski definition) is 1. The lowest BCUT2D eigenvalue weighted by Gasteiger charge is -2.38. The highest BCUT2D eigenvalue weighted by Gasteiger charge is 2.43. The van der Waals surface area contributed by atoms with Crippen LogP contribution in [0, 0.1) is 0 Å². The Hall–Kier alpha value is -1.55. The van der Waals surface area contributed by atoms with E-state index in [1.165, 1.54) is 5.56 Å². The number of benzene rings is 1. The van der Waals surface area contributed by atoms with Crippen molar-refractivity contribution in [1.82, 2.24) is 10.2 Å². The average Bonchev–Trinajstić information content (AvgIpc) is 2.78. The Balaban J connectivity index is 1.55. The van der Waals surface area contributed by atoms with Gasteiger partial charge in [-0.2, -0.15) is 0 Å². The second kappa shape index (κ2) is 6.48. The minimum Gasteiger partial charge on any atom is -0.450 e. The lowest BCUT2D eigenvalue weighted by Crippen LogP contribution is -2.51. The van der Waals surface area contributed by atoms with E-state index in [9.17, 15) is 4.79 Å². The highest BCUT2D eigenvalue weighted by molar-refractivity contribution is 5.69. The van der Waals surface area contributed by atoms with E-state index in [4.69, 9.17) is 4.74 Å². The summed E-state index contributed by atoms with van der Waals surface area (Å²) in [5.74, 6) is 0. The number of fused-ring (bicyclic) bond motifs is 2. The molecular formula is C17H24N2O2. The van der Waals surface area contributed by atoms with Gasteiger partial charge in [-0.25, -0.2) is 4.79 Å². The zero-order valence-electron chi connectivity index (χ0n) is 12.6. The summed E-state index contributed by atoms with van der Waals surface area (Å²) in [6.45, 7) is 3.24. The number of amides is 1. The summed E-state index contributed by atoms with van der Waals surface area (Å²) in [5, 5.41) is 3.65. The third-order valence-electron chi connectivity index (χ3n) is 4.65. The molecule has 1 aromatic carbocycles. The molecule has 2 aliphatic heterocycles. The van der Waals surface area contributed by atoms with Crippen LogP contribution in [-0.2, 0) is 11.3 Å². The van der Waals surface area contributed by atoms with E-state index < -0.39 is 0 Å². The second-order valence-corrected chi connectivity index (χ2v) is 6.03. The lowest BCUT2D eigenvalue weighted by atomic mass is 9.97. The van der Waals surface area contributed by atoms with Crippen molar-refractivity contribution >= 4 is 6.09 Å². The Bertz CT molecular complexity index is 463. The molecule has 4 heteroatoms. The van der Waals surface area contributed by atoms with Gasteiger partial charge in [0.05, 0.1) is 6.61 Å². The van der Waals surface area contributed by atoms with E-state index in [1.54, 1.807) is 0 Å². The standard InChI is InChI=1S/C17H24N2O2/c1-2-21-17(20)19-15-8-9-16(19)11-14(10-15)18-12-13-6-4-3-5-7-13/h3-7,14-16,18H,2,8-12H2,1H3/t14?,15-,16+. The fourth-order valence-corrected chi connectivity index (χ4v) is 3.70. The molecule has 1 N–H and O–H groups in total. The van der Waals surface area contributed by atoms with E-state index in [-0.39, 0.29) is 6.09 Å². The fraction of sp³-hybridized carbons (Fsp3) is 0.588. The van der Waals surface area contributed by atoms with E-state index >= 15 is 0 Å². The molecule has 2 heterocycles. The maximum absolute atomic E-state index is 12.0. The van der Waals surface area contributed by atoms with Crippen LogP contribution in [-0.4, -0.2) is 35.7 Å². The number of carbonyl (C=O) groups is 1. The smallest absolute Gasteiger partial charge is 0.410 e. The van der Waals surface area contributed by atoms with Gasteiger partial charge in [0.1, 0.15) is 0 Å². The summed E-state index contributed by atoms with van der Waals surface area (Å²) in [4.78, 5) is 14.0. The first kappa shape index (κ1) is 14.4. The number of rotatable bonds is 4. The molecule has 1 unspecified atom stereocenters. The first-order chi connectivity index (χ1) is 10.3. The number of piperidine rings is 1. The largest absolute Gasteiger partial charge is 0.450 e. The van der Waals surface area contributed by atoms with Crippen LogP contribution in [0.3, 0.4) is 0 Å². The van der Waals surface area contributed by atoms with Crippen LogP contribution in [0.25, 0.3) is 0 Å². The molecule has 2 aliphatic rings. The van der Waals surface area contributed by atoms with Crippen LogP contribution >= 0.6 is 0 Å². The normalized spacial score (nSPS) is 27.7. The molecule has 0 radical (unpaired) electrons. The molecular weight excluding hydrogens is 264 g/mol. The molecule has 2 saturated heterocycles. The Kier molecular flexibility index (Phi) is 4.44. The number of ether oxygens (including phenoxy) is 1. The van der Waals surface area contributed by atoms with Gasteiger partial charge in [0, 0.05) is 24.7 Å². The van der Waals surface area contributed by atoms with Crippen molar-refractivity contribution in [3.8, 4) is 0 Å². The van der Waals surface area contributed by atoms with E-state index in [0.29, 0.717) is 24.7 Å². The van der Waals surface area contributed by atoms with E-state index in [0.717, 1.165) is 32.2 Å². The zero-order valence-corrected chi connectivity index (χ0v) is 12.6. The van der Waals surface area contributed by atoms with Crippen molar-refractivity contribution in [3.05, 3.63) is 35.9 Å². The van der Waals surface area contributed by atoms with Gasteiger partial charge in [-0.15, -0.1) is 0 Å². The molecule has 0 saturated carbocycles. The molecule has 0 spiro atoms. The van der Waals surface area contributed by atoms with Crippen molar-refractivity contribution in [2.24, 2.45) is 0 Å². The van der Waals surface area contributed by atoms with Crippen molar-refractivity contribution < 1.29 is 9.53 Å². The SMILES string of the molecule is CCOC(=O)N1[C@@H]2CC[C@H]1CC(NCc1ccccc1)C2. The Labute approximate surface area is 126 Å². The highest BCUT2D eigenvalue weighted by Crippen LogP contribution is 2.36. The minimum atomic E-state index is -0.119. The Morgan fingerprint density at radius 1 is 1.24 bits per heavy atom. The summed E-state index contributed by atoms with van der Waals surface area (Å²) in [5.41, 5.74) is 1.32. The number of hydrogen-bond acceptors (Lipinski definition) is 3. The maximum Gasteiger partial charge on any atom is 0.410 e. The van der Waals surface area contributed by atoms with Crippen LogP contribution in [0.15, 0.2) is 30.3 Å². The predicted octanol–water partition coefficient (Wildman–Crippen LogP) is 2.93. The molecule has 0 aliphatic carbocycles. The van der Waals surface area contributed by atoms with Gasteiger partial charge in [-0.3, -0.25) is 0 Å². The van der Waals surface area contributed by atoms with Gasteiger partial charge in [0.25, 0.3) is 0 Å². The second-order valence-electron chi connectivity index (χ2n) is 6.03. The maximum atomic E-state index is 12.0. The molecule has 1 aromatic rings. The predicted molar refractivity (Wildman–Crippen MR) is 82.0 cm³/mol. The highest BCUT2D eigenvalue weighted by atomic mass is 16.6. The first-order valence-electron chi connectivity index (χ1n) is 8.00. The van der Waals surface area contributed by atoms with Crippen LogP contribution in [0.2, 0.25) is 0 Å². The third-order valence-corrected chi connectivity index (χ3v) is 4.65. The molecule has 114 valence electrons. The molecule has 3 atom stereocenters. The number of nitrogens with one attached hydrogen (secondary N) is 1. The van der Waals surface area contributed by atoms with Crippen LogP contribution < -0.4 is 5.32 Å². The first-order valence-corrected chi connectivity index (χ1v) is 8.00. The summed E-state index contributed by atoms with van der Waals surface area (Å²) in [7, 11) is 0. The fourth-order valence-electron chi connectivity index (χ4n) is 3.70. The van der Waals surface area contributed by atoms with Crippen molar-refractivity contribution in [2.75, 3.05) is 6.61 Å². The lowest BCUT2D eigenvalue weighted by molar-refractivity contribution is 0.0658. The molecule has 3 rings (SSSR count). The van der Waals surface area contributed by atoms with Gasteiger partial charge in [0.2, 0.25) is 0 Å². The van der Waals surface area contributed by atoms with Gasteiger partial charge < -0.3 is 15.0 Å².